The average Bonchev–Trinajstić information content (AvgIpc) is 3.26. The number of benzene rings is 2. The lowest BCUT2D eigenvalue weighted by Crippen LogP contribution is -2.41. The molecule has 0 unspecified atom stereocenters. The number of fused-ring (bicyclic) bond motifs is 1. The van der Waals surface area contributed by atoms with Crippen LogP contribution in [0.3, 0.4) is 0 Å². The van der Waals surface area contributed by atoms with E-state index in [1.54, 1.807) is 16.8 Å². The van der Waals surface area contributed by atoms with Crippen LogP contribution >= 0.6 is 0 Å². The molecule has 8 nitrogen and oxygen atoms in total. The van der Waals surface area contributed by atoms with Gasteiger partial charge in [-0.3, -0.25) is 9.69 Å². The third-order valence-electron chi connectivity index (χ3n) is 6.70. The highest BCUT2D eigenvalue weighted by Crippen LogP contribution is 2.30. The Kier molecular flexibility index (Phi) is 5.97. The van der Waals surface area contributed by atoms with E-state index in [1.165, 1.54) is 12.1 Å². The molecule has 3 heterocycles. The van der Waals surface area contributed by atoms with Crippen LogP contribution in [-0.4, -0.2) is 54.4 Å². The predicted molar refractivity (Wildman–Crippen MR) is 126 cm³/mol. The van der Waals surface area contributed by atoms with Crippen LogP contribution < -0.4 is 5.56 Å². The van der Waals surface area contributed by atoms with Crippen LogP contribution in [0, 0.1) is 19.7 Å². The number of piperidine rings is 1. The van der Waals surface area contributed by atoms with Crippen LogP contribution in [0.1, 0.15) is 47.0 Å². The van der Waals surface area contributed by atoms with Crippen molar-refractivity contribution in [2.45, 2.75) is 45.4 Å². The fourth-order valence-corrected chi connectivity index (χ4v) is 4.62. The fourth-order valence-electron chi connectivity index (χ4n) is 4.62. The van der Waals surface area contributed by atoms with Gasteiger partial charge in [-0.15, -0.1) is 5.10 Å². The van der Waals surface area contributed by atoms with Crippen molar-refractivity contribution in [2.24, 2.45) is 0 Å². The molecule has 4 aromatic rings. The molecule has 0 radical (unpaired) electrons. The Morgan fingerprint density at radius 2 is 1.82 bits per heavy atom. The highest BCUT2D eigenvalue weighted by atomic mass is 19.1. The van der Waals surface area contributed by atoms with Crippen LogP contribution in [0.5, 0.6) is 0 Å². The summed E-state index contributed by atoms with van der Waals surface area (Å²) < 4.78 is 15.0. The summed E-state index contributed by atoms with van der Waals surface area (Å²) in [5.41, 5.74) is 4.26. The standard InChI is InChI=1S/C25H27FN6O2/c1-15-11-18-13-21(25(34)27-22(18)12-16(15)2)23(31-9-7-20(33)8-10-31)24-28-29-30-32(24)14-17-3-5-19(26)6-4-17/h3-6,11-13,20,23,33H,7-10,14H2,1-2H3,(H,27,34)/t23-/m0/s1. The van der Waals surface area contributed by atoms with E-state index >= 15 is 0 Å². The molecule has 2 aromatic heterocycles. The van der Waals surface area contributed by atoms with E-state index in [1.807, 2.05) is 26.0 Å². The summed E-state index contributed by atoms with van der Waals surface area (Å²) in [4.78, 5) is 18.5. The van der Waals surface area contributed by atoms with Gasteiger partial charge in [-0.2, -0.15) is 0 Å². The molecule has 9 heteroatoms. The summed E-state index contributed by atoms with van der Waals surface area (Å²) in [6.45, 7) is 5.64. The number of aliphatic hydroxyl groups excluding tert-OH is 1. The summed E-state index contributed by atoms with van der Waals surface area (Å²) >= 11 is 0. The van der Waals surface area contributed by atoms with E-state index in [-0.39, 0.29) is 17.5 Å². The van der Waals surface area contributed by atoms with Gasteiger partial charge in [0, 0.05) is 24.2 Å². The number of tetrazole rings is 1. The molecule has 2 aromatic carbocycles. The minimum Gasteiger partial charge on any atom is -0.393 e. The maximum absolute atomic E-state index is 13.4. The summed E-state index contributed by atoms with van der Waals surface area (Å²) in [5, 5.41) is 23.4. The number of aromatic nitrogens is 5. The predicted octanol–water partition coefficient (Wildman–Crippen LogP) is 2.86. The molecule has 1 saturated heterocycles. The van der Waals surface area contributed by atoms with Crippen LogP contribution in [0.15, 0.2) is 47.3 Å². The monoisotopic (exact) mass is 462 g/mol. The number of halogens is 1. The zero-order valence-electron chi connectivity index (χ0n) is 19.2. The van der Waals surface area contributed by atoms with Gasteiger partial charge >= 0.3 is 0 Å². The Balaban J connectivity index is 1.61. The molecule has 1 aliphatic rings. The second-order valence-electron chi connectivity index (χ2n) is 9.07. The third-order valence-corrected chi connectivity index (χ3v) is 6.70. The van der Waals surface area contributed by atoms with E-state index in [0.29, 0.717) is 43.9 Å². The second kappa shape index (κ2) is 9.08. The van der Waals surface area contributed by atoms with Gasteiger partial charge < -0.3 is 10.1 Å². The number of nitrogens with one attached hydrogen (secondary N) is 1. The lowest BCUT2D eigenvalue weighted by atomic mass is 9.98. The highest BCUT2D eigenvalue weighted by molar-refractivity contribution is 5.81. The first-order valence-corrected chi connectivity index (χ1v) is 11.5. The molecule has 0 amide bonds. The van der Waals surface area contributed by atoms with Crippen molar-refractivity contribution < 1.29 is 9.50 Å². The van der Waals surface area contributed by atoms with Gasteiger partial charge in [0.2, 0.25) is 0 Å². The number of hydrogen-bond donors (Lipinski definition) is 2. The third kappa shape index (κ3) is 4.36. The van der Waals surface area contributed by atoms with E-state index < -0.39 is 6.04 Å². The molecule has 34 heavy (non-hydrogen) atoms. The molecule has 0 aliphatic carbocycles. The van der Waals surface area contributed by atoms with Gasteiger partial charge in [0.25, 0.3) is 5.56 Å². The van der Waals surface area contributed by atoms with E-state index in [2.05, 4.69) is 31.5 Å². The van der Waals surface area contributed by atoms with Crippen molar-refractivity contribution in [3.05, 3.63) is 86.7 Å². The molecule has 0 spiro atoms. The maximum Gasteiger partial charge on any atom is 0.253 e. The second-order valence-corrected chi connectivity index (χ2v) is 9.07. The molecular weight excluding hydrogens is 435 g/mol. The van der Waals surface area contributed by atoms with Crippen molar-refractivity contribution in [1.82, 2.24) is 30.1 Å². The number of aryl methyl sites for hydroxylation is 2. The first-order valence-electron chi connectivity index (χ1n) is 11.5. The van der Waals surface area contributed by atoms with Crippen molar-refractivity contribution >= 4 is 10.9 Å². The normalized spacial score (nSPS) is 16.2. The van der Waals surface area contributed by atoms with Gasteiger partial charge in [-0.05, 0) is 89.5 Å². The average molecular weight is 463 g/mol. The molecule has 1 aliphatic heterocycles. The quantitative estimate of drug-likeness (QED) is 0.473. The van der Waals surface area contributed by atoms with E-state index in [9.17, 15) is 14.3 Å². The highest BCUT2D eigenvalue weighted by Gasteiger charge is 2.32. The summed E-state index contributed by atoms with van der Waals surface area (Å²) in [6, 6.07) is 11.7. The molecule has 176 valence electrons. The molecule has 1 fully saturated rings. The van der Waals surface area contributed by atoms with Gasteiger partial charge in [0.1, 0.15) is 11.9 Å². The fraction of sp³-hybridized carbons (Fsp3) is 0.360. The number of nitrogens with zero attached hydrogens (tertiary/aromatic N) is 5. The molecular formula is C25H27FN6O2. The van der Waals surface area contributed by atoms with Crippen LogP contribution in [0.25, 0.3) is 10.9 Å². The summed E-state index contributed by atoms with van der Waals surface area (Å²) in [6.07, 6.45) is 0.868. The number of pyridine rings is 1. The van der Waals surface area contributed by atoms with Crippen LogP contribution in [-0.2, 0) is 6.54 Å². The van der Waals surface area contributed by atoms with Gasteiger partial charge in [-0.25, -0.2) is 9.07 Å². The molecule has 2 N–H and O–H groups in total. The first-order chi connectivity index (χ1) is 16.4. The number of hydrogen-bond acceptors (Lipinski definition) is 6. The van der Waals surface area contributed by atoms with E-state index in [4.69, 9.17) is 0 Å². The Morgan fingerprint density at radius 3 is 2.56 bits per heavy atom. The zero-order valence-corrected chi connectivity index (χ0v) is 19.2. The SMILES string of the molecule is Cc1cc2cc([C@@H](c3nnnn3Cc3ccc(F)cc3)N3CCC(O)CC3)c(=O)[nH]c2cc1C. The lowest BCUT2D eigenvalue weighted by Gasteiger charge is -2.35. The maximum atomic E-state index is 13.4. The zero-order chi connectivity index (χ0) is 23.8. The van der Waals surface area contributed by atoms with Crippen molar-refractivity contribution in [2.75, 3.05) is 13.1 Å². The first kappa shape index (κ1) is 22.4. The topological polar surface area (TPSA) is 99.9 Å². The number of aliphatic hydroxyl groups is 1. The van der Waals surface area contributed by atoms with E-state index in [0.717, 1.165) is 27.6 Å². The Morgan fingerprint density at radius 1 is 1.12 bits per heavy atom. The Bertz CT molecular complexity index is 1370. The minimum atomic E-state index is -0.488. The van der Waals surface area contributed by atoms with Crippen LogP contribution in [0.2, 0.25) is 0 Å². The van der Waals surface area contributed by atoms with Gasteiger partial charge in [0.05, 0.1) is 12.6 Å². The van der Waals surface area contributed by atoms with Gasteiger partial charge in [-0.1, -0.05) is 12.1 Å². The molecule has 0 saturated carbocycles. The van der Waals surface area contributed by atoms with Crippen molar-refractivity contribution in [3.63, 3.8) is 0 Å². The molecule has 1 atom stereocenters. The lowest BCUT2D eigenvalue weighted by molar-refractivity contribution is 0.0659. The number of likely N-dealkylation sites (tertiary alicyclic amines) is 1. The molecule has 5 rings (SSSR count). The number of aromatic amines is 1. The smallest absolute Gasteiger partial charge is 0.253 e. The number of rotatable bonds is 5. The van der Waals surface area contributed by atoms with Crippen LogP contribution in [0.4, 0.5) is 4.39 Å². The van der Waals surface area contributed by atoms with Crippen molar-refractivity contribution in [1.29, 1.82) is 0 Å². The van der Waals surface area contributed by atoms with Gasteiger partial charge in [0.15, 0.2) is 5.82 Å². The molecule has 0 bridgehead atoms. The Labute approximate surface area is 196 Å². The minimum absolute atomic E-state index is 0.191. The summed E-state index contributed by atoms with van der Waals surface area (Å²) in [7, 11) is 0. The number of H-pyrrole nitrogens is 1. The largest absolute Gasteiger partial charge is 0.393 e. The Hall–Kier alpha value is -3.43. The van der Waals surface area contributed by atoms with Crippen molar-refractivity contribution in [3.8, 4) is 0 Å². The summed E-state index contributed by atoms with van der Waals surface area (Å²) in [5.74, 6) is 0.230.